The lowest BCUT2D eigenvalue weighted by atomic mass is 9.90. The van der Waals surface area contributed by atoms with Crippen molar-refractivity contribution in [2.24, 2.45) is 5.92 Å². The lowest BCUT2D eigenvalue weighted by molar-refractivity contribution is -0.384. The Kier molecular flexibility index (Phi) is 5.17. The molecule has 1 aromatic carbocycles. The van der Waals surface area contributed by atoms with Crippen LogP contribution in [-0.2, 0) is 0 Å². The van der Waals surface area contributed by atoms with E-state index in [1.54, 1.807) is 12.1 Å². The molecule has 0 aromatic heterocycles. The van der Waals surface area contributed by atoms with Gasteiger partial charge in [-0.3, -0.25) is 10.1 Å². The van der Waals surface area contributed by atoms with E-state index in [0.29, 0.717) is 11.6 Å². The third kappa shape index (κ3) is 3.94. The van der Waals surface area contributed by atoms with E-state index in [-0.39, 0.29) is 16.7 Å². The van der Waals surface area contributed by atoms with Crippen molar-refractivity contribution in [2.45, 2.75) is 39.7 Å². The standard InChI is InChI=1S/C16H25N3O2/c1-4-18-9-7-14(8-10-18)13(3)17-15-11-12(2)5-6-16(15)19(20)21/h5-6,11,13-14,17H,4,7-10H2,1-3H3. The summed E-state index contributed by atoms with van der Waals surface area (Å²) in [4.78, 5) is 13.3. The van der Waals surface area contributed by atoms with Crippen LogP contribution >= 0.6 is 0 Å². The van der Waals surface area contributed by atoms with Gasteiger partial charge in [0.2, 0.25) is 0 Å². The highest BCUT2D eigenvalue weighted by Gasteiger charge is 2.25. The van der Waals surface area contributed by atoms with Crippen LogP contribution in [0.2, 0.25) is 0 Å². The van der Waals surface area contributed by atoms with Crippen LogP contribution < -0.4 is 5.32 Å². The number of piperidine rings is 1. The highest BCUT2D eigenvalue weighted by atomic mass is 16.6. The molecule has 0 aliphatic carbocycles. The van der Waals surface area contributed by atoms with Crippen LogP contribution in [0.3, 0.4) is 0 Å². The van der Waals surface area contributed by atoms with Gasteiger partial charge in [0.25, 0.3) is 5.69 Å². The van der Waals surface area contributed by atoms with E-state index in [0.717, 1.165) is 38.0 Å². The average molecular weight is 291 g/mol. The van der Waals surface area contributed by atoms with Crippen molar-refractivity contribution in [1.29, 1.82) is 0 Å². The minimum Gasteiger partial charge on any atom is -0.377 e. The van der Waals surface area contributed by atoms with Crippen LogP contribution in [0.4, 0.5) is 11.4 Å². The second kappa shape index (κ2) is 6.89. The predicted molar refractivity (Wildman–Crippen MR) is 85.8 cm³/mol. The Labute approximate surface area is 126 Å². The van der Waals surface area contributed by atoms with Gasteiger partial charge in [-0.25, -0.2) is 0 Å². The number of hydrogen-bond acceptors (Lipinski definition) is 4. The second-order valence-corrected chi connectivity index (χ2v) is 5.98. The first-order valence-corrected chi connectivity index (χ1v) is 7.75. The molecule has 1 aliphatic rings. The lowest BCUT2D eigenvalue weighted by Gasteiger charge is -2.34. The largest absolute Gasteiger partial charge is 0.377 e. The van der Waals surface area contributed by atoms with Gasteiger partial charge in [0.1, 0.15) is 5.69 Å². The Hall–Kier alpha value is -1.62. The number of nitro benzene ring substituents is 1. The maximum atomic E-state index is 11.1. The molecule has 1 aromatic rings. The number of nitrogens with zero attached hydrogens (tertiary/aromatic N) is 2. The maximum Gasteiger partial charge on any atom is 0.292 e. The molecule has 1 saturated heterocycles. The summed E-state index contributed by atoms with van der Waals surface area (Å²) in [5.41, 5.74) is 1.85. The van der Waals surface area contributed by atoms with E-state index in [4.69, 9.17) is 0 Å². The molecule has 21 heavy (non-hydrogen) atoms. The Balaban J connectivity index is 2.04. The summed E-state index contributed by atoms with van der Waals surface area (Å²) < 4.78 is 0. The molecule has 5 heteroatoms. The van der Waals surface area contributed by atoms with Crippen molar-refractivity contribution in [3.05, 3.63) is 33.9 Å². The number of nitro groups is 1. The third-order valence-electron chi connectivity index (χ3n) is 4.52. The van der Waals surface area contributed by atoms with Gasteiger partial charge in [0.15, 0.2) is 0 Å². The zero-order chi connectivity index (χ0) is 15.4. The van der Waals surface area contributed by atoms with E-state index in [9.17, 15) is 10.1 Å². The van der Waals surface area contributed by atoms with Crippen LogP contribution in [0.1, 0.15) is 32.3 Å². The molecule has 1 atom stereocenters. The van der Waals surface area contributed by atoms with Gasteiger partial charge in [-0.2, -0.15) is 0 Å². The molecule has 1 N–H and O–H groups in total. The van der Waals surface area contributed by atoms with E-state index in [2.05, 4.69) is 24.1 Å². The quantitative estimate of drug-likeness (QED) is 0.667. The summed E-state index contributed by atoms with van der Waals surface area (Å²) in [5, 5.41) is 14.5. The highest BCUT2D eigenvalue weighted by molar-refractivity contribution is 5.63. The van der Waals surface area contributed by atoms with Crippen LogP contribution in [-0.4, -0.2) is 35.5 Å². The van der Waals surface area contributed by atoms with Crippen LogP contribution in [0.5, 0.6) is 0 Å². The molecule has 1 aliphatic heterocycles. The fourth-order valence-electron chi connectivity index (χ4n) is 3.06. The summed E-state index contributed by atoms with van der Waals surface area (Å²) in [6.07, 6.45) is 2.31. The molecule has 0 bridgehead atoms. The SMILES string of the molecule is CCN1CCC(C(C)Nc2cc(C)ccc2[N+](=O)[O-])CC1. The lowest BCUT2D eigenvalue weighted by Crippen LogP contribution is -2.39. The van der Waals surface area contributed by atoms with Gasteiger partial charge in [0.05, 0.1) is 4.92 Å². The molecule has 0 spiro atoms. The first-order valence-electron chi connectivity index (χ1n) is 7.75. The smallest absolute Gasteiger partial charge is 0.292 e. The number of aryl methyl sites for hydroxylation is 1. The van der Waals surface area contributed by atoms with Crippen molar-refractivity contribution in [1.82, 2.24) is 4.90 Å². The van der Waals surface area contributed by atoms with E-state index < -0.39 is 0 Å². The van der Waals surface area contributed by atoms with Gasteiger partial charge < -0.3 is 10.2 Å². The molecule has 1 heterocycles. The minimum absolute atomic E-state index is 0.165. The molecule has 5 nitrogen and oxygen atoms in total. The summed E-state index contributed by atoms with van der Waals surface area (Å²) in [7, 11) is 0. The highest BCUT2D eigenvalue weighted by Crippen LogP contribution is 2.29. The van der Waals surface area contributed by atoms with Gasteiger partial charge in [0, 0.05) is 12.1 Å². The molecule has 2 rings (SSSR count). The molecule has 0 radical (unpaired) electrons. The van der Waals surface area contributed by atoms with E-state index in [1.165, 1.54) is 0 Å². The van der Waals surface area contributed by atoms with E-state index in [1.807, 2.05) is 13.0 Å². The maximum absolute atomic E-state index is 11.1. The number of benzene rings is 1. The molecular formula is C16H25N3O2. The van der Waals surface area contributed by atoms with Crippen molar-refractivity contribution in [3.63, 3.8) is 0 Å². The van der Waals surface area contributed by atoms with Crippen molar-refractivity contribution in [2.75, 3.05) is 25.0 Å². The predicted octanol–water partition coefficient (Wildman–Crippen LogP) is 3.44. The molecule has 0 saturated carbocycles. The van der Waals surface area contributed by atoms with Gasteiger partial charge in [-0.05, 0) is 63.9 Å². The fourth-order valence-corrected chi connectivity index (χ4v) is 3.06. The Bertz CT molecular complexity index is 496. The summed E-state index contributed by atoms with van der Waals surface area (Å²) in [5.74, 6) is 0.577. The zero-order valence-corrected chi connectivity index (χ0v) is 13.1. The molecular weight excluding hydrogens is 266 g/mol. The third-order valence-corrected chi connectivity index (χ3v) is 4.52. The molecule has 1 fully saturated rings. The Morgan fingerprint density at radius 1 is 1.43 bits per heavy atom. The van der Waals surface area contributed by atoms with Gasteiger partial charge in [-0.15, -0.1) is 0 Å². The zero-order valence-electron chi connectivity index (χ0n) is 13.1. The number of anilines is 1. The molecule has 116 valence electrons. The Morgan fingerprint density at radius 3 is 2.67 bits per heavy atom. The molecule has 0 amide bonds. The van der Waals surface area contributed by atoms with Crippen molar-refractivity contribution in [3.8, 4) is 0 Å². The van der Waals surface area contributed by atoms with Crippen molar-refractivity contribution < 1.29 is 4.92 Å². The van der Waals surface area contributed by atoms with Crippen LogP contribution in [0.15, 0.2) is 18.2 Å². The fraction of sp³-hybridized carbons (Fsp3) is 0.625. The van der Waals surface area contributed by atoms with E-state index >= 15 is 0 Å². The monoisotopic (exact) mass is 291 g/mol. The number of nitrogens with one attached hydrogen (secondary N) is 1. The summed E-state index contributed by atoms with van der Waals surface area (Å²) in [6.45, 7) is 9.65. The summed E-state index contributed by atoms with van der Waals surface area (Å²) in [6, 6.07) is 5.50. The van der Waals surface area contributed by atoms with Gasteiger partial charge in [-0.1, -0.05) is 13.0 Å². The van der Waals surface area contributed by atoms with Crippen molar-refractivity contribution >= 4 is 11.4 Å². The van der Waals surface area contributed by atoms with Gasteiger partial charge >= 0.3 is 0 Å². The summed E-state index contributed by atoms with van der Waals surface area (Å²) >= 11 is 0. The first-order chi connectivity index (χ1) is 10.0. The normalized spacial score (nSPS) is 18.4. The number of hydrogen-bond donors (Lipinski definition) is 1. The second-order valence-electron chi connectivity index (χ2n) is 5.98. The topological polar surface area (TPSA) is 58.4 Å². The number of rotatable bonds is 5. The molecule has 1 unspecified atom stereocenters. The van der Waals surface area contributed by atoms with Crippen LogP contribution in [0.25, 0.3) is 0 Å². The minimum atomic E-state index is -0.311. The van der Waals surface area contributed by atoms with Crippen LogP contribution in [0, 0.1) is 23.0 Å². The average Bonchev–Trinajstić information content (AvgIpc) is 2.47. The Morgan fingerprint density at radius 2 is 2.10 bits per heavy atom. The number of likely N-dealkylation sites (tertiary alicyclic amines) is 1. The first kappa shape index (κ1) is 15.8.